The summed E-state index contributed by atoms with van der Waals surface area (Å²) in [5.74, 6) is 1.97. The van der Waals surface area contributed by atoms with Crippen molar-refractivity contribution in [2.45, 2.75) is 32.6 Å². The van der Waals surface area contributed by atoms with Crippen LogP contribution in [0.25, 0.3) is 0 Å². The fourth-order valence-electron chi connectivity index (χ4n) is 1.95. The van der Waals surface area contributed by atoms with E-state index in [0.717, 1.165) is 18.0 Å². The number of aromatic nitrogens is 2. The second kappa shape index (κ2) is 5.47. The second-order valence-electron chi connectivity index (χ2n) is 5.83. The number of nitrogens with zero attached hydrogens (tertiary/aromatic N) is 2. The van der Waals surface area contributed by atoms with Crippen LogP contribution in [-0.2, 0) is 18.9 Å². The molecule has 19 heavy (non-hydrogen) atoms. The maximum atomic E-state index is 5.75. The maximum absolute atomic E-state index is 5.75. The average Bonchev–Trinajstić information content (AvgIpc) is 2.75. The summed E-state index contributed by atoms with van der Waals surface area (Å²) in [4.78, 5) is 4.28. The van der Waals surface area contributed by atoms with Crippen LogP contribution >= 0.6 is 0 Å². The standard InChI is InChI=1S/C16H22N2O/c1-16(2,3)13-5-7-14(8-6-13)19-12-9-15-17-10-11-18(15)4/h5-8,10-11H,9,12H2,1-4H3. The Hall–Kier alpha value is -1.77. The number of benzene rings is 1. The Morgan fingerprint density at radius 2 is 1.84 bits per heavy atom. The molecule has 0 fully saturated rings. The molecule has 0 unspecified atom stereocenters. The number of imidazole rings is 1. The van der Waals surface area contributed by atoms with Gasteiger partial charge in [-0.25, -0.2) is 4.98 Å². The van der Waals surface area contributed by atoms with Crippen LogP contribution in [0.3, 0.4) is 0 Å². The highest BCUT2D eigenvalue weighted by Crippen LogP contribution is 2.24. The summed E-state index contributed by atoms with van der Waals surface area (Å²) in [5.41, 5.74) is 1.51. The topological polar surface area (TPSA) is 27.1 Å². The Morgan fingerprint density at radius 1 is 1.16 bits per heavy atom. The highest BCUT2D eigenvalue weighted by molar-refractivity contribution is 5.31. The molecule has 3 heteroatoms. The van der Waals surface area contributed by atoms with Crippen LogP contribution in [0.15, 0.2) is 36.7 Å². The van der Waals surface area contributed by atoms with E-state index in [2.05, 4.69) is 37.9 Å². The minimum absolute atomic E-state index is 0.186. The van der Waals surface area contributed by atoms with Gasteiger partial charge in [-0.1, -0.05) is 32.9 Å². The number of rotatable bonds is 4. The molecule has 0 aliphatic heterocycles. The van der Waals surface area contributed by atoms with Crippen LogP contribution in [0.5, 0.6) is 5.75 Å². The van der Waals surface area contributed by atoms with Crippen molar-refractivity contribution in [1.29, 1.82) is 0 Å². The van der Waals surface area contributed by atoms with E-state index in [1.807, 2.05) is 36.1 Å². The Bertz CT molecular complexity index is 520. The van der Waals surface area contributed by atoms with Crippen LogP contribution < -0.4 is 4.74 Å². The predicted molar refractivity (Wildman–Crippen MR) is 77.5 cm³/mol. The third-order valence-electron chi connectivity index (χ3n) is 3.24. The van der Waals surface area contributed by atoms with Gasteiger partial charge in [0.25, 0.3) is 0 Å². The van der Waals surface area contributed by atoms with Gasteiger partial charge in [0, 0.05) is 25.9 Å². The lowest BCUT2D eigenvalue weighted by atomic mass is 9.87. The number of hydrogen-bond acceptors (Lipinski definition) is 2. The van der Waals surface area contributed by atoms with Gasteiger partial charge in [0.15, 0.2) is 0 Å². The zero-order valence-electron chi connectivity index (χ0n) is 12.2. The molecule has 0 spiro atoms. The molecule has 0 aliphatic carbocycles. The van der Waals surface area contributed by atoms with Gasteiger partial charge >= 0.3 is 0 Å². The first kappa shape index (κ1) is 13.7. The van der Waals surface area contributed by atoms with E-state index in [0.29, 0.717) is 6.61 Å². The fraction of sp³-hybridized carbons (Fsp3) is 0.438. The summed E-state index contributed by atoms with van der Waals surface area (Å²) in [6.07, 6.45) is 4.59. The first-order chi connectivity index (χ1) is 8.97. The molecule has 0 aliphatic rings. The highest BCUT2D eigenvalue weighted by atomic mass is 16.5. The number of aryl methyl sites for hydroxylation is 1. The molecular weight excluding hydrogens is 236 g/mol. The molecule has 2 rings (SSSR count). The predicted octanol–water partition coefficient (Wildman–Crippen LogP) is 3.34. The molecule has 0 atom stereocenters. The van der Waals surface area contributed by atoms with Gasteiger partial charge in [0.05, 0.1) is 6.61 Å². The van der Waals surface area contributed by atoms with E-state index in [-0.39, 0.29) is 5.41 Å². The van der Waals surface area contributed by atoms with Crippen molar-refractivity contribution in [2.75, 3.05) is 6.61 Å². The Kier molecular flexibility index (Phi) is 3.93. The Labute approximate surface area is 115 Å². The first-order valence-corrected chi connectivity index (χ1v) is 6.66. The maximum Gasteiger partial charge on any atom is 0.119 e. The van der Waals surface area contributed by atoms with E-state index in [1.54, 1.807) is 0 Å². The van der Waals surface area contributed by atoms with Crippen LogP contribution in [0, 0.1) is 0 Å². The zero-order chi connectivity index (χ0) is 13.9. The van der Waals surface area contributed by atoms with Crippen LogP contribution in [-0.4, -0.2) is 16.2 Å². The quantitative estimate of drug-likeness (QED) is 0.841. The van der Waals surface area contributed by atoms with Gasteiger partial charge in [0.2, 0.25) is 0 Å². The third-order valence-corrected chi connectivity index (χ3v) is 3.24. The van der Waals surface area contributed by atoms with Crippen molar-refractivity contribution in [3.8, 4) is 5.75 Å². The largest absolute Gasteiger partial charge is 0.493 e. The molecule has 1 heterocycles. The third kappa shape index (κ3) is 3.60. The molecule has 0 saturated heterocycles. The molecule has 3 nitrogen and oxygen atoms in total. The lowest BCUT2D eigenvalue weighted by molar-refractivity contribution is 0.317. The van der Waals surface area contributed by atoms with E-state index in [1.165, 1.54) is 5.56 Å². The van der Waals surface area contributed by atoms with Gasteiger partial charge in [-0.15, -0.1) is 0 Å². The van der Waals surface area contributed by atoms with Gasteiger partial charge in [-0.2, -0.15) is 0 Å². The molecule has 2 aromatic rings. The Balaban J connectivity index is 1.89. The lowest BCUT2D eigenvalue weighted by Gasteiger charge is -2.19. The summed E-state index contributed by atoms with van der Waals surface area (Å²) >= 11 is 0. The van der Waals surface area contributed by atoms with Crippen molar-refractivity contribution in [2.24, 2.45) is 7.05 Å². The smallest absolute Gasteiger partial charge is 0.119 e. The van der Waals surface area contributed by atoms with E-state index < -0.39 is 0 Å². The van der Waals surface area contributed by atoms with Crippen molar-refractivity contribution < 1.29 is 4.74 Å². The van der Waals surface area contributed by atoms with Crippen LogP contribution in [0.2, 0.25) is 0 Å². The molecule has 0 bridgehead atoms. The Morgan fingerprint density at radius 3 is 2.37 bits per heavy atom. The molecule has 0 saturated carbocycles. The number of ether oxygens (including phenoxy) is 1. The monoisotopic (exact) mass is 258 g/mol. The number of hydrogen-bond donors (Lipinski definition) is 0. The van der Waals surface area contributed by atoms with Crippen molar-refractivity contribution in [3.63, 3.8) is 0 Å². The normalized spacial score (nSPS) is 11.6. The van der Waals surface area contributed by atoms with Crippen molar-refractivity contribution in [3.05, 3.63) is 48.0 Å². The van der Waals surface area contributed by atoms with Crippen molar-refractivity contribution >= 4 is 0 Å². The van der Waals surface area contributed by atoms with Gasteiger partial charge in [-0.05, 0) is 23.1 Å². The molecule has 0 amide bonds. The van der Waals surface area contributed by atoms with Gasteiger partial charge in [-0.3, -0.25) is 0 Å². The summed E-state index contributed by atoms with van der Waals surface area (Å²) in [5, 5.41) is 0. The minimum Gasteiger partial charge on any atom is -0.493 e. The van der Waals surface area contributed by atoms with Gasteiger partial charge in [0.1, 0.15) is 11.6 Å². The highest BCUT2D eigenvalue weighted by Gasteiger charge is 2.12. The lowest BCUT2D eigenvalue weighted by Crippen LogP contribution is -2.11. The SMILES string of the molecule is Cn1ccnc1CCOc1ccc(C(C)(C)C)cc1. The van der Waals surface area contributed by atoms with E-state index in [4.69, 9.17) is 4.74 Å². The summed E-state index contributed by atoms with van der Waals surface area (Å²) < 4.78 is 7.77. The molecule has 0 radical (unpaired) electrons. The van der Waals surface area contributed by atoms with Crippen LogP contribution in [0.4, 0.5) is 0 Å². The molecule has 0 N–H and O–H groups in total. The van der Waals surface area contributed by atoms with E-state index in [9.17, 15) is 0 Å². The van der Waals surface area contributed by atoms with Crippen LogP contribution in [0.1, 0.15) is 32.2 Å². The molecular formula is C16H22N2O. The summed E-state index contributed by atoms with van der Waals surface area (Å²) in [6, 6.07) is 8.35. The average molecular weight is 258 g/mol. The minimum atomic E-state index is 0.186. The fourth-order valence-corrected chi connectivity index (χ4v) is 1.95. The van der Waals surface area contributed by atoms with E-state index >= 15 is 0 Å². The first-order valence-electron chi connectivity index (χ1n) is 6.66. The molecule has 1 aromatic heterocycles. The molecule has 1 aromatic carbocycles. The zero-order valence-corrected chi connectivity index (χ0v) is 12.2. The second-order valence-corrected chi connectivity index (χ2v) is 5.83. The molecule has 102 valence electrons. The summed E-state index contributed by atoms with van der Waals surface area (Å²) in [7, 11) is 2.00. The summed E-state index contributed by atoms with van der Waals surface area (Å²) in [6.45, 7) is 7.29. The van der Waals surface area contributed by atoms with Crippen molar-refractivity contribution in [1.82, 2.24) is 9.55 Å². The van der Waals surface area contributed by atoms with Gasteiger partial charge < -0.3 is 9.30 Å².